The van der Waals surface area contributed by atoms with Gasteiger partial charge < -0.3 is 0 Å². The molecule has 3 aromatic rings. The summed E-state index contributed by atoms with van der Waals surface area (Å²) in [7, 11) is 0. The van der Waals surface area contributed by atoms with Crippen LogP contribution in [0.1, 0.15) is 37.3 Å². The van der Waals surface area contributed by atoms with Crippen LogP contribution in [-0.4, -0.2) is 31.9 Å². The average molecular weight is 442 g/mol. The molecular weight excluding hydrogens is 424 g/mol. The number of hydrogen-bond acceptors (Lipinski definition) is 4. The van der Waals surface area contributed by atoms with Gasteiger partial charge in [0.1, 0.15) is 17.2 Å². The predicted molar refractivity (Wildman–Crippen MR) is 110 cm³/mol. The summed E-state index contributed by atoms with van der Waals surface area (Å²) in [4.78, 5) is 17.4. The van der Waals surface area contributed by atoms with E-state index in [1.807, 2.05) is 10.9 Å². The van der Waals surface area contributed by atoms with E-state index in [0.717, 1.165) is 42.8 Å². The number of hydrogen-bond donors (Lipinski definition) is 0. The van der Waals surface area contributed by atoms with E-state index in [4.69, 9.17) is 11.6 Å². The van der Waals surface area contributed by atoms with Gasteiger partial charge in [-0.2, -0.15) is 10.2 Å². The number of fused-ring (bicyclic) bond motifs is 1. The van der Waals surface area contributed by atoms with Crippen LogP contribution in [0.2, 0.25) is 5.02 Å². The van der Waals surface area contributed by atoms with E-state index in [0.29, 0.717) is 17.0 Å². The molecule has 0 radical (unpaired) electrons. The van der Waals surface area contributed by atoms with Crippen molar-refractivity contribution in [2.24, 2.45) is 15.9 Å². The number of nitrogens with zero attached hydrogens (tertiary/aromatic N) is 5. The van der Waals surface area contributed by atoms with Crippen LogP contribution in [-0.2, 0) is 11.3 Å². The highest BCUT2D eigenvalue weighted by atomic mass is 35.5. The number of rotatable bonds is 4. The third kappa shape index (κ3) is 2.81. The first-order chi connectivity index (χ1) is 14.9. The van der Waals surface area contributed by atoms with E-state index in [1.54, 1.807) is 18.6 Å². The van der Waals surface area contributed by atoms with Crippen molar-refractivity contribution in [3.05, 3.63) is 59.0 Å². The van der Waals surface area contributed by atoms with E-state index in [2.05, 4.69) is 15.2 Å². The summed E-state index contributed by atoms with van der Waals surface area (Å²) in [6.07, 6.45) is 9.58. The molecule has 4 aliphatic rings. The van der Waals surface area contributed by atoms with Crippen molar-refractivity contribution < 1.29 is 13.6 Å². The highest BCUT2D eigenvalue weighted by Gasteiger charge is 2.72. The van der Waals surface area contributed by atoms with E-state index >= 15 is 0 Å². The molecule has 1 atom stereocenters. The van der Waals surface area contributed by atoms with Gasteiger partial charge in [0.15, 0.2) is 0 Å². The Bertz CT molecular complexity index is 1230. The zero-order chi connectivity index (χ0) is 21.4. The molecule has 3 aliphatic carbocycles. The largest absolute Gasteiger partial charge is 0.272 e. The molecule has 3 heterocycles. The molecule has 0 saturated heterocycles. The van der Waals surface area contributed by atoms with Crippen molar-refractivity contribution >= 4 is 34.6 Å². The minimum absolute atomic E-state index is 0.0432. The minimum atomic E-state index is -0.652. The molecule has 9 heteroatoms. The molecular formula is C22H18ClF2N5O. The molecule has 1 unspecified atom stereocenters. The van der Waals surface area contributed by atoms with Crippen LogP contribution in [0.25, 0.3) is 10.9 Å². The minimum Gasteiger partial charge on any atom is -0.272 e. The Labute approximate surface area is 181 Å². The summed E-state index contributed by atoms with van der Waals surface area (Å²) < 4.78 is 29.3. The highest BCUT2D eigenvalue weighted by molar-refractivity contribution is 6.35. The van der Waals surface area contributed by atoms with Crippen molar-refractivity contribution in [2.75, 3.05) is 0 Å². The topological polar surface area (TPSA) is 63.4 Å². The second kappa shape index (κ2) is 6.32. The maximum Gasteiger partial charge on any atom is 0.249 e. The molecule has 31 heavy (non-hydrogen) atoms. The number of pyridine rings is 1. The zero-order valence-corrected chi connectivity index (χ0v) is 17.2. The standard InChI is InChI=1S/C22H18ClF2N5O/c23-17-6-26-7-18-16(17)8-29(28-18)12-21-9-22(10-21,11-21)20(31)30-19(1-2-27-30)13-3-14(24)5-15(25)4-13/h2-8,19H,1,9-12H2. The Kier molecular flexibility index (Phi) is 3.85. The van der Waals surface area contributed by atoms with Gasteiger partial charge in [0.2, 0.25) is 5.91 Å². The molecule has 3 fully saturated rings. The SMILES string of the molecule is O=C(N1N=CCC1c1cc(F)cc(F)c1)C12CC(Cn3cc4c(Cl)cncc4n3)(C1)C2. The second-order valence-electron chi connectivity index (χ2n) is 9.09. The van der Waals surface area contributed by atoms with Crippen LogP contribution in [0.5, 0.6) is 0 Å². The van der Waals surface area contributed by atoms with E-state index in [-0.39, 0.29) is 11.3 Å². The van der Waals surface area contributed by atoms with Crippen molar-refractivity contribution in [3.63, 3.8) is 0 Å². The highest BCUT2D eigenvalue weighted by Crippen LogP contribution is 2.74. The summed E-state index contributed by atoms with van der Waals surface area (Å²) in [6, 6.07) is 2.91. The van der Waals surface area contributed by atoms with Gasteiger partial charge in [-0.1, -0.05) is 11.6 Å². The lowest BCUT2D eigenvalue weighted by Crippen LogP contribution is -2.68. The second-order valence-corrected chi connectivity index (χ2v) is 9.50. The van der Waals surface area contributed by atoms with Gasteiger partial charge in [0.05, 0.1) is 22.7 Å². The van der Waals surface area contributed by atoms with E-state index in [1.165, 1.54) is 17.1 Å². The molecule has 2 aromatic heterocycles. The molecule has 2 bridgehead atoms. The summed E-state index contributed by atoms with van der Waals surface area (Å²) in [6.45, 7) is 0.717. The molecule has 0 N–H and O–H groups in total. The van der Waals surface area contributed by atoms with Crippen molar-refractivity contribution in [1.29, 1.82) is 0 Å². The van der Waals surface area contributed by atoms with Crippen molar-refractivity contribution in [1.82, 2.24) is 19.8 Å². The molecule has 1 amide bonds. The number of hydrazone groups is 1. The van der Waals surface area contributed by atoms with Crippen LogP contribution < -0.4 is 0 Å². The van der Waals surface area contributed by atoms with Crippen LogP contribution >= 0.6 is 11.6 Å². The first-order valence-electron chi connectivity index (χ1n) is 10.2. The summed E-state index contributed by atoms with van der Waals surface area (Å²) in [5, 5.41) is 11.7. The predicted octanol–water partition coefficient (Wildman–Crippen LogP) is 4.49. The van der Waals surface area contributed by atoms with Crippen molar-refractivity contribution in [3.8, 4) is 0 Å². The number of carbonyl (C=O) groups is 1. The quantitative estimate of drug-likeness (QED) is 0.599. The number of amides is 1. The fourth-order valence-electron chi connectivity index (χ4n) is 5.67. The van der Waals surface area contributed by atoms with E-state index < -0.39 is 23.1 Å². The Morgan fingerprint density at radius 1 is 1.16 bits per heavy atom. The van der Waals surface area contributed by atoms with Gasteiger partial charge >= 0.3 is 0 Å². The molecule has 6 nitrogen and oxygen atoms in total. The lowest BCUT2D eigenvalue weighted by molar-refractivity contribution is -0.223. The van der Waals surface area contributed by atoms with Gasteiger partial charge in [-0.15, -0.1) is 0 Å². The summed E-state index contributed by atoms with van der Waals surface area (Å²) in [5.74, 6) is -1.36. The Hall–Kier alpha value is -2.87. The third-order valence-electron chi connectivity index (χ3n) is 6.83. The fraction of sp³-hybridized carbons (Fsp3) is 0.364. The Morgan fingerprint density at radius 2 is 1.90 bits per heavy atom. The zero-order valence-electron chi connectivity index (χ0n) is 16.4. The number of benzene rings is 1. The molecule has 158 valence electrons. The number of carbonyl (C=O) groups excluding carboxylic acids is 1. The van der Waals surface area contributed by atoms with Crippen LogP contribution in [0.4, 0.5) is 8.78 Å². The van der Waals surface area contributed by atoms with Crippen LogP contribution in [0, 0.1) is 22.5 Å². The smallest absolute Gasteiger partial charge is 0.249 e. The molecule has 3 saturated carbocycles. The van der Waals surface area contributed by atoms with Gasteiger partial charge in [-0.3, -0.25) is 14.5 Å². The maximum absolute atomic E-state index is 13.7. The van der Waals surface area contributed by atoms with Crippen LogP contribution in [0.3, 0.4) is 0 Å². The maximum atomic E-state index is 13.7. The molecule has 7 rings (SSSR count). The summed E-state index contributed by atoms with van der Waals surface area (Å²) in [5.41, 5.74) is 0.791. The molecule has 0 spiro atoms. The van der Waals surface area contributed by atoms with Gasteiger partial charge in [0, 0.05) is 43.0 Å². The van der Waals surface area contributed by atoms with E-state index in [9.17, 15) is 13.6 Å². The van der Waals surface area contributed by atoms with Gasteiger partial charge in [-0.25, -0.2) is 13.8 Å². The number of halogens is 3. The van der Waals surface area contributed by atoms with Gasteiger partial charge in [0.25, 0.3) is 0 Å². The first kappa shape index (κ1) is 18.9. The third-order valence-corrected chi connectivity index (χ3v) is 7.13. The normalized spacial score (nSPS) is 28.6. The Morgan fingerprint density at radius 3 is 2.61 bits per heavy atom. The first-order valence-corrected chi connectivity index (χ1v) is 10.5. The average Bonchev–Trinajstić information content (AvgIpc) is 3.29. The molecule has 1 aromatic carbocycles. The monoisotopic (exact) mass is 441 g/mol. The molecule has 1 aliphatic heterocycles. The van der Waals surface area contributed by atoms with Crippen LogP contribution in [0.15, 0.2) is 41.9 Å². The fourth-order valence-corrected chi connectivity index (χ4v) is 5.87. The van der Waals surface area contributed by atoms with Gasteiger partial charge in [-0.05, 0) is 42.4 Å². The Balaban J connectivity index is 1.17. The number of aromatic nitrogens is 3. The summed E-state index contributed by atoms with van der Waals surface area (Å²) >= 11 is 6.19. The lowest BCUT2D eigenvalue weighted by atomic mass is 9.34. The lowest BCUT2D eigenvalue weighted by Gasteiger charge is -2.69. The van der Waals surface area contributed by atoms with Crippen molar-refractivity contribution in [2.45, 2.75) is 38.3 Å².